The standard InChI is InChI=1S/C14H7ClF2N2O2/c15-9-5-18-2-1-7(9)6-19-11-4-8(16)3-10(17)12(11)13(20)14(19)21/h1-5H,6H2. The highest BCUT2D eigenvalue weighted by molar-refractivity contribution is 6.52. The summed E-state index contributed by atoms with van der Waals surface area (Å²) >= 11 is 5.94. The smallest absolute Gasteiger partial charge is 0.299 e. The number of hydrogen-bond acceptors (Lipinski definition) is 3. The molecule has 3 rings (SSSR count). The molecule has 2 heterocycles. The Kier molecular flexibility index (Phi) is 3.17. The predicted molar refractivity (Wildman–Crippen MR) is 71.1 cm³/mol. The second kappa shape index (κ2) is 4.89. The van der Waals surface area contributed by atoms with Crippen LogP contribution < -0.4 is 4.90 Å². The number of amides is 1. The van der Waals surface area contributed by atoms with Crippen LogP contribution in [0.5, 0.6) is 0 Å². The van der Waals surface area contributed by atoms with Gasteiger partial charge in [0.05, 0.1) is 22.8 Å². The molecule has 0 radical (unpaired) electrons. The van der Waals surface area contributed by atoms with E-state index in [1.807, 2.05) is 0 Å². The fourth-order valence-electron chi connectivity index (χ4n) is 2.20. The molecule has 1 aromatic heterocycles. The van der Waals surface area contributed by atoms with Gasteiger partial charge in [0.1, 0.15) is 11.6 Å². The van der Waals surface area contributed by atoms with Gasteiger partial charge < -0.3 is 4.90 Å². The minimum atomic E-state index is -1.05. The molecule has 0 spiro atoms. The van der Waals surface area contributed by atoms with Crippen molar-refractivity contribution in [3.05, 3.63) is 58.4 Å². The van der Waals surface area contributed by atoms with Crippen LogP contribution in [0, 0.1) is 11.6 Å². The first-order valence-electron chi connectivity index (χ1n) is 5.92. The van der Waals surface area contributed by atoms with E-state index >= 15 is 0 Å². The molecule has 1 aromatic carbocycles. The molecule has 0 aliphatic carbocycles. The van der Waals surface area contributed by atoms with Crippen molar-refractivity contribution in [1.82, 2.24) is 4.98 Å². The van der Waals surface area contributed by atoms with Crippen molar-refractivity contribution in [2.24, 2.45) is 0 Å². The fraction of sp³-hybridized carbons (Fsp3) is 0.0714. The minimum Gasteiger partial charge on any atom is -0.300 e. The largest absolute Gasteiger partial charge is 0.300 e. The number of carbonyl (C=O) groups is 2. The Bertz CT molecular complexity index is 780. The number of benzene rings is 1. The maximum Gasteiger partial charge on any atom is 0.299 e. The molecular formula is C14H7ClF2N2O2. The van der Waals surface area contributed by atoms with E-state index in [0.29, 0.717) is 16.7 Å². The van der Waals surface area contributed by atoms with Crippen molar-refractivity contribution in [1.29, 1.82) is 0 Å². The highest BCUT2D eigenvalue weighted by Gasteiger charge is 2.39. The average Bonchev–Trinajstić information content (AvgIpc) is 2.66. The zero-order valence-corrected chi connectivity index (χ0v) is 11.2. The van der Waals surface area contributed by atoms with Crippen LogP contribution in [0.3, 0.4) is 0 Å². The van der Waals surface area contributed by atoms with Crippen LogP contribution in [-0.2, 0) is 11.3 Å². The maximum atomic E-state index is 13.7. The van der Waals surface area contributed by atoms with Crippen LogP contribution in [0.25, 0.3) is 0 Å². The lowest BCUT2D eigenvalue weighted by atomic mass is 10.1. The topological polar surface area (TPSA) is 50.3 Å². The first kappa shape index (κ1) is 13.6. The van der Waals surface area contributed by atoms with Crippen LogP contribution >= 0.6 is 11.6 Å². The van der Waals surface area contributed by atoms with Crippen molar-refractivity contribution < 1.29 is 18.4 Å². The Morgan fingerprint density at radius 2 is 2.00 bits per heavy atom. The lowest BCUT2D eigenvalue weighted by Crippen LogP contribution is -2.29. The quantitative estimate of drug-likeness (QED) is 0.802. The molecule has 4 nitrogen and oxygen atoms in total. The summed E-state index contributed by atoms with van der Waals surface area (Å²) in [5.41, 5.74) is 0.0206. The average molecular weight is 309 g/mol. The third-order valence-electron chi connectivity index (χ3n) is 3.18. The van der Waals surface area contributed by atoms with Gasteiger partial charge in [-0.25, -0.2) is 8.78 Å². The molecule has 2 aromatic rings. The molecule has 1 aliphatic heterocycles. The van der Waals surface area contributed by atoms with E-state index in [0.717, 1.165) is 11.0 Å². The molecule has 0 atom stereocenters. The van der Waals surface area contributed by atoms with Gasteiger partial charge in [-0.2, -0.15) is 0 Å². The lowest BCUT2D eigenvalue weighted by Gasteiger charge is -2.17. The number of ketones is 1. The second-order valence-electron chi connectivity index (χ2n) is 4.47. The molecule has 1 aliphatic rings. The van der Waals surface area contributed by atoms with E-state index in [-0.39, 0.29) is 12.2 Å². The zero-order valence-electron chi connectivity index (χ0n) is 10.4. The monoisotopic (exact) mass is 308 g/mol. The van der Waals surface area contributed by atoms with Gasteiger partial charge >= 0.3 is 0 Å². The maximum absolute atomic E-state index is 13.7. The first-order valence-corrected chi connectivity index (χ1v) is 6.30. The Balaban J connectivity index is 2.08. The number of Topliss-reactive ketones (excluding diaryl/α,β-unsaturated/α-hetero) is 1. The van der Waals surface area contributed by atoms with E-state index in [9.17, 15) is 18.4 Å². The van der Waals surface area contributed by atoms with Gasteiger partial charge in [0.2, 0.25) is 0 Å². The number of carbonyl (C=O) groups excluding carboxylic acids is 2. The summed E-state index contributed by atoms with van der Waals surface area (Å²) in [5.74, 6) is -3.82. The number of aromatic nitrogens is 1. The summed E-state index contributed by atoms with van der Waals surface area (Å²) in [6, 6.07) is 3.09. The van der Waals surface area contributed by atoms with Gasteiger partial charge in [-0.3, -0.25) is 14.6 Å². The van der Waals surface area contributed by atoms with Gasteiger partial charge in [0.15, 0.2) is 0 Å². The fourth-order valence-corrected chi connectivity index (χ4v) is 2.38. The third-order valence-corrected chi connectivity index (χ3v) is 3.52. The van der Waals surface area contributed by atoms with Crippen molar-refractivity contribution >= 4 is 29.0 Å². The van der Waals surface area contributed by atoms with Crippen LogP contribution in [-0.4, -0.2) is 16.7 Å². The van der Waals surface area contributed by atoms with E-state index in [2.05, 4.69) is 4.98 Å². The SMILES string of the molecule is O=C1C(=O)N(Cc2ccncc2Cl)c2cc(F)cc(F)c21. The summed E-state index contributed by atoms with van der Waals surface area (Å²) < 4.78 is 27.0. The van der Waals surface area contributed by atoms with E-state index in [1.165, 1.54) is 12.4 Å². The van der Waals surface area contributed by atoms with E-state index in [4.69, 9.17) is 11.6 Å². The summed E-state index contributed by atoms with van der Waals surface area (Å²) in [5, 5.41) is 0.295. The summed E-state index contributed by atoms with van der Waals surface area (Å²) in [6.45, 7) is -0.0676. The molecule has 0 unspecified atom stereocenters. The molecule has 0 saturated heterocycles. The number of hydrogen-bond donors (Lipinski definition) is 0. The van der Waals surface area contributed by atoms with Gasteiger partial charge in [0.25, 0.3) is 11.7 Å². The minimum absolute atomic E-state index is 0.0676. The Labute approximate surface area is 123 Å². The summed E-state index contributed by atoms with van der Waals surface area (Å²) in [7, 11) is 0. The van der Waals surface area contributed by atoms with E-state index < -0.39 is 28.9 Å². The van der Waals surface area contributed by atoms with Crippen LogP contribution in [0.4, 0.5) is 14.5 Å². The number of halogens is 3. The Hall–Kier alpha value is -2.34. The zero-order chi connectivity index (χ0) is 15.1. The van der Waals surface area contributed by atoms with Gasteiger partial charge in [-0.05, 0) is 17.7 Å². The highest BCUT2D eigenvalue weighted by Crippen LogP contribution is 2.33. The number of fused-ring (bicyclic) bond motifs is 1. The molecular weight excluding hydrogens is 302 g/mol. The molecule has 106 valence electrons. The van der Waals surface area contributed by atoms with Crippen molar-refractivity contribution in [3.8, 4) is 0 Å². The third kappa shape index (κ3) is 2.17. The molecule has 0 saturated carbocycles. The number of rotatable bonds is 2. The summed E-state index contributed by atoms with van der Waals surface area (Å²) in [4.78, 5) is 28.6. The number of pyridine rings is 1. The van der Waals surface area contributed by atoms with Crippen LogP contribution in [0.15, 0.2) is 30.6 Å². The van der Waals surface area contributed by atoms with Crippen molar-refractivity contribution in [2.75, 3.05) is 4.90 Å². The van der Waals surface area contributed by atoms with E-state index in [1.54, 1.807) is 6.07 Å². The predicted octanol–water partition coefficient (Wildman–Crippen LogP) is 2.74. The second-order valence-corrected chi connectivity index (χ2v) is 4.88. The molecule has 0 fully saturated rings. The van der Waals surface area contributed by atoms with Gasteiger partial charge in [0, 0.05) is 18.5 Å². The van der Waals surface area contributed by atoms with Gasteiger partial charge in [-0.15, -0.1) is 0 Å². The number of anilines is 1. The normalized spacial score (nSPS) is 13.8. The van der Waals surface area contributed by atoms with Gasteiger partial charge in [-0.1, -0.05) is 11.6 Å². The first-order chi connectivity index (χ1) is 9.99. The Morgan fingerprint density at radius 3 is 2.71 bits per heavy atom. The number of nitrogens with zero attached hydrogens (tertiary/aromatic N) is 2. The van der Waals surface area contributed by atoms with Crippen molar-refractivity contribution in [3.63, 3.8) is 0 Å². The van der Waals surface area contributed by atoms with Crippen LogP contribution in [0.2, 0.25) is 5.02 Å². The molecule has 0 N–H and O–H groups in total. The molecule has 21 heavy (non-hydrogen) atoms. The Morgan fingerprint density at radius 1 is 1.24 bits per heavy atom. The highest BCUT2D eigenvalue weighted by atomic mass is 35.5. The van der Waals surface area contributed by atoms with Crippen LogP contribution in [0.1, 0.15) is 15.9 Å². The molecule has 1 amide bonds. The lowest BCUT2D eigenvalue weighted by molar-refractivity contribution is -0.114. The molecule has 0 bridgehead atoms. The summed E-state index contributed by atoms with van der Waals surface area (Å²) in [6.07, 6.45) is 2.85. The molecule has 7 heteroatoms. The van der Waals surface area contributed by atoms with Crippen molar-refractivity contribution in [2.45, 2.75) is 6.54 Å².